The molecule has 0 saturated heterocycles. The second kappa shape index (κ2) is 12.3. The molecule has 0 N–H and O–H groups in total. The third-order valence-corrected chi connectivity index (χ3v) is 6.13. The Bertz CT molecular complexity index is 652. The van der Waals surface area contributed by atoms with E-state index in [-0.39, 0.29) is 5.92 Å². The maximum absolute atomic E-state index is 13.5. The Labute approximate surface area is 171 Å². The summed E-state index contributed by atoms with van der Waals surface area (Å²) in [4.78, 5) is 4.33. The summed E-state index contributed by atoms with van der Waals surface area (Å²) >= 11 is 1.45. The maximum atomic E-state index is 13.5. The van der Waals surface area contributed by atoms with Gasteiger partial charge in [0, 0.05) is 17.5 Å². The van der Waals surface area contributed by atoms with Gasteiger partial charge in [-0.25, -0.2) is 4.98 Å². The van der Waals surface area contributed by atoms with Crippen LogP contribution in [0.25, 0.3) is 0 Å². The average molecular weight is 412 g/mol. The Morgan fingerprint density at radius 1 is 0.893 bits per heavy atom. The van der Waals surface area contributed by atoms with Gasteiger partial charge in [0.1, 0.15) is 0 Å². The van der Waals surface area contributed by atoms with E-state index < -0.39 is 11.7 Å². The molecule has 1 nitrogen and oxygen atoms in total. The van der Waals surface area contributed by atoms with Crippen molar-refractivity contribution in [3.05, 3.63) is 52.0 Å². The van der Waals surface area contributed by atoms with E-state index in [1.807, 2.05) is 5.38 Å². The van der Waals surface area contributed by atoms with Crippen LogP contribution in [0, 0.1) is 0 Å². The van der Waals surface area contributed by atoms with Gasteiger partial charge in [-0.3, -0.25) is 0 Å². The molecule has 1 heterocycles. The van der Waals surface area contributed by atoms with Gasteiger partial charge in [-0.2, -0.15) is 13.2 Å². The largest absolute Gasteiger partial charge is 0.416 e. The topological polar surface area (TPSA) is 12.9 Å². The molecule has 1 aromatic heterocycles. The van der Waals surface area contributed by atoms with Crippen LogP contribution in [-0.4, -0.2) is 4.98 Å². The minimum atomic E-state index is -4.33. The van der Waals surface area contributed by atoms with Gasteiger partial charge in [-0.1, -0.05) is 89.3 Å². The van der Waals surface area contributed by atoms with Crippen molar-refractivity contribution in [3.8, 4) is 0 Å². The number of aromatic nitrogens is 1. The molecule has 0 aliphatic rings. The van der Waals surface area contributed by atoms with Crippen LogP contribution in [0.15, 0.2) is 35.8 Å². The lowest BCUT2D eigenvalue weighted by Crippen LogP contribution is -2.13. The number of halogens is 3. The van der Waals surface area contributed by atoms with Crippen LogP contribution in [0.2, 0.25) is 0 Å². The van der Waals surface area contributed by atoms with Crippen molar-refractivity contribution in [1.29, 1.82) is 0 Å². The van der Waals surface area contributed by atoms with E-state index >= 15 is 0 Å². The highest BCUT2D eigenvalue weighted by Gasteiger charge is 2.35. The van der Waals surface area contributed by atoms with Gasteiger partial charge in [0.05, 0.1) is 10.6 Å². The Morgan fingerprint density at radius 3 is 2.07 bits per heavy atom. The van der Waals surface area contributed by atoms with Crippen LogP contribution in [0.1, 0.15) is 99.6 Å². The lowest BCUT2D eigenvalue weighted by molar-refractivity contribution is -0.138. The predicted molar refractivity (Wildman–Crippen MR) is 112 cm³/mol. The first kappa shape index (κ1) is 22.9. The highest BCUT2D eigenvalue weighted by atomic mass is 32.1. The molecular formula is C23H32F3NS. The van der Waals surface area contributed by atoms with Crippen molar-refractivity contribution >= 4 is 11.3 Å². The summed E-state index contributed by atoms with van der Waals surface area (Å²) in [5, 5.41) is 2.63. The molecule has 156 valence electrons. The van der Waals surface area contributed by atoms with Crippen LogP contribution >= 0.6 is 11.3 Å². The van der Waals surface area contributed by atoms with Crippen LogP contribution in [0.3, 0.4) is 0 Å². The number of hydrogen-bond acceptors (Lipinski definition) is 2. The Balaban J connectivity index is 1.86. The average Bonchev–Trinajstić information content (AvgIpc) is 3.20. The molecule has 0 amide bonds. The van der Waals surface area contributed by atoms with Gasteiger partial charge in [-0.05, 0) is 18.1 Å². The molecule has 2 rings (SSSR count). The predicted octanol–water partition coefficient (Wildman–Crippen LogP) is 8.60. The zero-order valence-corrected chi connectivity index (χ0v) is 17.6. The molecule has 5 heteroatoms. The van der Waals surface area contributed by atoms with E-state index in [1.54, 1.807) is 18.3 Å². The first-order valence-electron chi connectivity index (χ1n) is 10.6. The lowest BCUT2D eigenvalue weighted by atomic mass is 9.89. The lowest BCUT2D eigenvalue weighted by Gasteiger charge is -2.20. The fraction of sp³-hybridized carbons (Fsp3) is 0.609. The molecular weight excluding hydrogens is 379 g/mol. The highest BCUT2D eigenvalue weighted by Crippen LogP contribution is 2.40. The monoisotopic (exact) mass is 411 g/mol. The highest BCUT2D eigenvalue weighted by molar-refractivity contribution is 7.09. The zero-order valence-electron chi connectivity index (χ0n) is 16.8. The third-order valence-electron chi connectivity index (χ3n) is 5.24. The number of nitrogens with zero attached hydrogens (tertiary/aromatic N) is 1. The molecule has 1 aromatic carbocycles. The molecule has 0 aliphatic carbocycles. The van der Waals surface area contributed by atoms with Crippen LogP contribution < -0.4 is 0 Å². The Hall–Kier alpha value is -1.36. The summed E-state index contributed by atoms with van der Waals surface area (Å²) in [6.07, 6.45) is 10.3. The van der Waals surface area contributed by atoms with Gasteiger partial charge in [0.2, 0.25) is 0 Å². The smallest absolute Gasteiger partial charge is 0.249 e. The Morgan fingerprint density at radius 2 is 1.50 bits per heavy atom. The number of alkyl halides is 3. The van der Waals surface area contributed by atoms with Crippen molar-refractivity contribution < 1.29 is 13.2 Å². The molecule has 0 saturated carbocycles. The molecule has 2 aromatic rings. The fourth-order valence-corrected chi connectivity index (χ4v) is 4.51. The van der Waals surface area contributed by atoms with Gasteiger partial charge in [0.15, 0.2) is 0 Å². The van der Waals surface area contributed by atoms with Crippen molar-refractivity contribution in [2.75, 3.05) is 0 Å². The summed E-state index contributed by atoms with van der Waals surface area (Å²) in [6, 6.07) is 5.97. The van der Waals surface area contributed by atoms with E-state index in [9.17, 15) is 13.2 Å². The van der Waals surface area contributed by atoms with Crippen LogP contribution in [-0.2, 0) is 6.18 Å². The summed E-state index contributed by atoms with van der Waals surface area (Å²) < 4.78 is 40.4. The number of hydrogen-bond donors (Lipinski definition) is 0. The molecule has 28 heavy (non-hydrogen) atoms. The summed E-state index contributed by atoms with van der Waals surface area (Å²) in [6.45, 7) is 2.23. The maximum Gasteiger partial charge on any atom is 0.416 e. The van der Waals surface area contributed by atoms with Crippen molar-refractivity contribution in [2.45, 2.75) is 89.6 Å². The second-order valence-corrected chi connectivity index (χ2v) is 8.40. The molecule has 1 unspecified atom stereocenters. The normalized spacial score (nSPS) is 13.0. The van der Waals surface area contributed by atoms with E-state index in [0.29, 0.717) is 5.56 Å². The van der Waals surface area contributed by atoms with Crippen molar-refractivity contribution in [1.82, 2.24) is 4.98 Å². The third kappa shape index (κ3) is 7.57. The van der Waals surface area contributed by atoms with E-state index in [0.717, 1.165) is 24.3 Å². The molecule has 0 radical (unpaired) electrons. The molecule has 0 aliphatic heterocycles. The summed E-state index contributed by atoms with van der Waals surface area (Å²) in [5.41, 5.74) is -0.164. The van der Waals surface area contributed by atoms with Gasteiger partial charge < -0.3 is 0 Å². The SMILES string of the molecule is CCCCCCCCCCCCC(c1nccs1)c1ccccc1C(F)(F)F. The molecule has 0 fully saturated rings. The number of benzene rings is 1. The van der Waals surface area contributed by atoms with Crippen LogP contribution in [0.5, 0.6) is 0 Å². The molecule has 0 bridgehead atoms. The van der Waals surface area contributed by atoms with Gasteiger partial charge in [-0.15, -0.1) is 11.3 Å². The van der Waals surface area contributed by atoms with Crippen LogP contribution in [0.4, 0.5) is 13.2 Å². The van der Waals surface area contributed by atoms with Gasteiger partial charge in [0.25, 0.3) is 0 Å². The number of unbranched alkanes of at least 4 members (excludes halogenated alkanes) is 9. The van der Waals surface area contributed by atoms with Gasteiger partial charge >= 0.3 is 6.18 Å². The molecule has 1 atom stereocenters. The van der Waals surface area contributed by atoms with E-state index in [4.69, 9.17) is 0 Å². The Kier molecular flexibility index (Phi) is 10.0. The van der Waals surface area contributed by atoms with E-state index in [2.05, 4.69) is 11.9 Å². The second-order valence-electron chi connectivity index (χ2n) is 7.48. The molecule has 0 spiro atoms. The minimum Gasteiger partial charge on any atom is -0.249 e. The fourth-order valence-electron chi connectivity index (χ4n) is 3.71. The number of rotatable bonds is 13. The summed E-state index contributed by atoms with van der Waals surface area (Å²) in [5.74, 6) is -0.271. The first-order chi connectivity index (χ1) is 13.5. The summed E-state index contributed by atoms with van der Waals surface area (Å²) in [7, 11) is 0. The minimum absolute atomic E-state index is 0.271. The van der Waals surface area contributed by atoms with E-state index in [1.165, 1.54) is 74.8 Å². The quantitative estimate of drug-likeness (QED) is 0.301. The standard InChI is InChI=1S/C23H32F3NS/c1-2-3-4-5-6-7-8-9-10-11-15-20(22-27-17-18-28-22)19-14-12-13-16-21(19)23(24,25)26/h12-14,16-18,20H,2-11,15H2,1H3. The first-order valence-corrected chi connectivity index (χ1v) is 11.5. The number of thiazole rings is 1. The zero-order chi connectivity index (χ0) is 20.2. The van der Waals surface area contributed by atoms with Crippen molar-refractivity contribution in [3.63, 3.8) is 0 Å². The van der Waals surface area contributed by atoms with Crippen molar-refractivity contribution in [2.24, 2.45) is 0 Å².